The van der Waals surface area contributed by atoms with Crippen LogP contribution in [0.5, 0.6) is 23.0 Å². The van der Waals surface area contributed by atoms with Crippen molar-refractivity contribution in [3.05, 3.63) is 218 Å². The highest BCUT2D eigenvalue weighted by Crippen LogP contribution is 2.49. The van der Waals surface area contributed by atoms with Gasteiger partial charge in [-0.15, -0.1) is 0 Å². The first-order valence-corrected chi connectivity index (χ1v) is 19.6. The SMILES string of the molecule is c1ccc(-c2ccc(N(c3ccc(-c4ccccc4)cc3)c3ccc(-c4ccc5c(c4)c4cc6c(cc4n5-c4ccccc4)Oc4ccccc4O6)cc3)cc2)cc1. The zero-order chi connectivity index (χ0) is 38.4. The normalized spacial score (nSPS) is 11.7. The predicted octanol–water partition coefficient (Wildman–Crippen LogP) is 15.2. The van der Waals surface area contributed by atoms with Gasteiger partial charge in [-0.05, 0) is 112 Å². The van der Waals surface area contributed by atoms with Gasteiger partial charge in [0.15, 0.2) is 23.0 Å². The van der Waals surface area contributed by atoms with Gasteiger partial charge in [0, 0.05) is 39.6 Å². The van der Waals surface area contributed by atoms with E-state index in [4.69, 9.17) is 9.47 Å². The van der Waals surface area contributed by atoms with Gasteiger partial charge < -0.3 is 18.9 Å². The highest BCUT2D eigenvalue weighted by atomic mass is 16.6. The number of rotatable bonds is 7. The number of aromatic nitrogens is 1. The zero-order valence-electron chi connectivity index (χ0n) is 31.5. The van der Waals surface area contributed by atoms with Crippen LogP contribution in [0.1, 0.15) is 0 Å². The van der Waals surface area contributed by atoms with E-state index >= 15 is 0 Å². The van der Waals surface area contributed by atoms with E-state index in [1.54, 1.807) is 0 Å². The van der Waals surface area contributed by atoms with Gasteiger partial charge in [0.2, 0.25) is 0 Å². The minimum atomic E-state index is 0.705. The molecule has 0 aliphatic carbocycles. The molecule has 1 aromatic heterocycles. The Labute approximate surface area is 337 Å². The Morgan fingerprint density at radius 1 is 0.293 bits per heavy atom. The summed E-state index contributed by atoms with van der Waals surface area (Å²) in [5, 5.41) is 2.24. The molecule has 1 aliphatic heterocycles. The lowest BCUT2D eigenvalue weighted by Gasteiger charge is -2.26. The van der Waals surface area contributed by atoms with Crippen molar-refractivity contribution in [3.63, 3.8) is 0 Å². The average Bonchev–Trinajstić information content (AvgIpc) is 3.61. The Kier molecular flexibility index (Phi) is 8.11. The second-order valence-electron chi connectivity index (χ2n) is 14.6. The van der Waals surface area contributed by atoms with Crippen LogP contribution in [0.2, 0.25) is 0 Å². The van der Waals surface area contributed by atoms with E-state index in [0.717, 1.165) is 67.2 Å². The molecule has 0 N–H and O–H groups in total. The standard InChI is InChI=1S/C54H36N2O2/c1-4-12-37(13-5-1)39-20-27-44(28-21-39)55(45-29-22-40(23-30-45)38-14-6-2-7-15-38)46-31-24-41(25-32-46)42-26-33-49-47(34-42)48-35-53-54(58-52-19-11-10-18-51(52)57-53)36-50(48)56(49)43-16-8-3-9-17-43/h1-36H. The van der Waals surface area contributed by atoms with Gasteiger partial charge in [0.25, 0.3) is 0 Å². The van der Waals surface area contributed by atoms with Crippen LogP contribution in [0.4, 0.5) is 17.1 Å². The molecule has 0 bridgehead atoms. The molecule has 4 nitrogen and oxygen atoms in total. The summed E-state index contributed by atoms with van der Waals surface area (Å²) in [7, 11) is 0. The van der Waals surface area contributed by atoms with Gasteiger partial charge in [-0.2, -0.15) is 0 Å². The number of ether oxygens (including phenoxy) is 2. The Bertz CT molecular complexity index is 2980. The number of benzene rings is 9. The summed E-state index contributed by atoms with van der Waals surface area (Å²) in [6.45, 7) is 0. The van der Waals surface area contributed by atoms with Gasteiger partial charge in [-0.25, -0.2) is 0 Å². The molecule has 11 rings (SSSR count). The van der Waals surface area contributed by atoms with Gasteiger partial charge >= 0.3 is 0 Å². The molecule has 0 saturated carbocycles. The maximum Gasteiger partial charge on any atom is 0.172 e. The summed E-state index contributed by atoms with van der Waals surface area (Å²) in [5.74, 6) is 2.85. The highest BCUT2D eigenvalue weighted by Gasteiger charge is 2.23. The molecule has 10 aromatic rings. The van der Waals surface area contributed by atoms with Crippen LogP contribution in [0, 0.1) is 0 Å². The molecule has 0 unspecified atom stereocenters. The number of fused-ring (bicyclic) bond motifs is 5. The van der Waals surface area contributed by atoms with Crippen LogP contribution in [-0.4, -0.2) is 4.57 Å². The Hall–Kier alpha value is -7.82. The Balaban J connectivity index is 0.991. The van der Waals surface area contributed by atoms with Crippen molar-refractivity contribution in [3.8, 4) is 62.1 Å². The molecule has 4 heteroatoms. The van der Waals surface area contributed by atoms with Gasteiger partial charge in [-0.3, -0.25) is 0 Å². The second-order valence-corrected chi connectivity index (χ2v) is 14.6. The third-order valence-electron chi connectivity index (χ3n) is 11.1. The van der Waals surface area contributed by atoms with Crippen molar-refractivity contribution in [1.29, 1.82) is 0 Å². The average molecular weight is 745 g/mol. The maximum absolute atomic E-state index is 6.39. The van der Waals surface area contributed by atoms with Gasteiger partial charge in [-0.1, -0.05) is 133 Å². The summed E-state index contributed by atoms with van der Waals surface area (Å²) in [5.41, 5.74) is 13.6. The Morgan fingerprint density at radius 3 is 1.21 bits per heavy atom. The second kappa shape index (κ2) is 14.0. The van der Waals surface area contributed by atoms with E-state index in [-0.39, 0.29) is 0 Å². The van der Waals surface area contributed by atoms with Crippen LogP contribution in [0.15, 0.2) is 218 Å². The molecular formula is C54H36N2O2. The van der Waals surface area contributed by atoms with E-state index in [1.807, 2.05) is 24.3 Å². The van der Waals surface area contributed by atoms with Crippen LogP contribution < -0.4 is 14.4 Å². The molecule has 0 amide bonds. The number of anilines is 3. The van der Waals surface area contributed by atoms with E-state index in [9.17, 15) is 0 Å². The summed E-state index contributed by atoms with van der Waals surface area (Å²) >= 11 is 0. The molecular weight excluding hydrogens is 709 g/mol. The minimum Gasteiger partial charge on any atom is -0.449 e. The van der Waals surface area contributed by atoms with Crippen LogP contribution in [0.3, 0.4) is 0 Å². The number of hydrogen-bond acceptors (Lipinski definition) is 3. The third kappa shape index (κ3) is 5.96. The number of para-hydroxylation sites is 3. The van der Waals surface area contributed by atoms with Gasteiger partial charge in [0.1, 0.15) is 0 Å². The summed E-state index contributed by atoms with van der Waals surface area (Å²) < 4.78 is 15.1. The first-order valence-electron chi connectivity index (χ1n) is 19.6. The topological polar surface area (TPSA) is 26.6 Å². The fourth-order valence-electron chi connectivity index (χ4n) is 8.19. The summed E-state index contributed by atoms with van der Waals surface area (Å²) in [4.78, 5) is 2.33. The third-order valence-corrected chi connectivity index (χ3v) is 11.1. The molecule has 0 fully saturated rings. The monoisotopic (exact) mass is 744 g/mol. The van der Waals surface area contributed by atoms with Crippen molar-refractivity contribution in [1.82, 2.24) is 4.57 Å². The molecule has 58 heavy (non-hydrogen) atoms. The fraction of sp³-hybridized carbons (Fsp3) is 0. The van der Waals surface area contributed by atoms with E-state index < -0.39 is 0 Å². The van der Waals surface area contributed by atoms with Crippen LogP contribution in [0.25, 0.3) is 60.9 Å². The van der Waals surface area contributed by atoms with E-state index in [1.165, 1.54) is 22.3 Å². The van der Waals surface area contributed by atoms with Crippen molar-refractivity contribution in [2.45, 2.75) is 0 Å². The lowest BCUT2D eigenvalue weighted by Crippen LogP contribution is -2.09. The molecule has 0 radical (unpaired) electrons. The lowest BCUT2D eigenvalue weighted by molar-refractivity contribution is 0.360. The highest BCUT2D eigenvalue weighted by molar-refractivity contribution is 6.11. The van der Waals surface area contributed by atoms with E-state index in [0.29, 0.717) is 11.5 Å². The minimum absolute atomic E-state index is 0.705. The first-order chi connectivity index (χ1) is 28.7. The molecule has 1 aliphatic rings. The lowest BCUT2D eigenvalue weighted by atomic mass is 10.0. The molecule has 2 heterocycles. The quantitative estimate of drug-likeness (QED) is 0.163. The van der Waals surface area contributed by atoms with Crippen molar-refractivity contribution >= 4 is 38.9 Å². The number of nitrogens with zero attached hydrogens (tertiary/aromatic N) is 2. The molecule has 274 valence electrons. The molecule has 0 saturated heterocycles. The molecule has 9 aromatic carbocycles. The van der Waals surface area contributed by atoms with Gasteiger partial charge in [0.05, 0.1) is 11.0 Å². The maximum atomic E-state index is 6.39. The largest absolute Gasteiger partial charge is 0.449 e. The van der Waals surface area contributed by atoms with Crippen molar-refractivity contribution in [2.75, 3.05) is 4.90 Å². The molecule has 0 spiro atoms. The Morgan fingerprint density at radius 2 is 0.690 bits per heavy atom. The predicted molar refractivity (Wildman–Crippen MR) is 238 cm³/mol. The van der Waals surface area contributed by atoms with Crippen molar-refractivity contribution < 1.29 is 9.47 Å². The van der Waals surface area contributed by atoms with E-state index in [2.05, 4.69) is 204 Å². The number of hydrogen-bond donors (Lipinski definition) is 0. The fourth-order valence-corrected chi connectivity index (χ4v) is 8.19. The smallest absolute Gasteiger partial charge is 0.172 e. The van der Waals surface area contributed by atoms with Crippen molar-refractivity contribution in [2.24, 2.45) is 0 Å². The first kappa shape index (κ1) is 33.5. The summed E-state index contributed by atoms with van der Waals surface area (Å²) in [6, 6.07) is 76.9. The summed E-state index contributed by atoms with van der Waals surface area (Å²) in [6.07, 6.45) is 0. The van der Waals surface area contributed by atoms with Crippen LogP contribution in [-0.2, 0) is 0 Å². The molecule has 0 atom stereocenters. The van der Waals surface area contributed by atoms with Crippen LogP contribution >= 0.6 is 0 Å². The zero-order valence-corrected chi connectivity index (χ0v) is 31.5.